The zero-order valence-electron chi connectivity index (χ0n) is 9.10. The van der Waals surface area contributed by atoms with E-state index in [2.05, 4.69) is 4.98 Å². The molecule has 0 unspecified atom stereocenters. The molecule has 16 heavy (non-hydrogen) atoms. The van der Waals surface area contributed by atoms with Gasteiger partial charge in [-0.15, -0.1) is 0 Å². The van der Waals surface area contributed by atoms with Crippen molar-refractivity contribution in [1.82, 2.24) is 9.38 Å². The Hall–Kier alpha value is -1.88. The number of pyridine rings is 1. The Morgan fingerprint density at radius 2 is 2.38 bits per heavy atom. The summed E-state index contributed by atoms with van der Waals surface area (Å²) in [6.07, 6.45) is 1.79. The molecule has 5 nitrogen and oxygen atoms in total. The fraction of sp³-hybridized carbons (Fsp3) is 0.273. The van der Waals surface area contributed by atoms with E-state index in [-0.39, 0.29) is 12.3 Å². The smallest absolute Gasteiger partial charge is 0.356 e. The number of hydrogen-bond acceptors (Lipinski definition) is 3. The van der Waals surface area contributed by atoms with Crippen LogP contribution in [0.4, 0.5) is 0 Å². The van der Waals surface area contributed by atoms with Gasteiger partial charge < -0.3 is 14.2 Å². The zero-order valence-corrected chi connectivity index (χ0v) is 9.10. The minimum atomic E-state index is -1.02. The van der Waals surface area contributed by atoms with E-state index in [0.29, 0.717) is 11.3 Å². The number of carbonyl (C=O) groups is 1. The first-order chi connectivity index (χ1) is 7.65. The number of aromatic nitrogens is 2. The minimum absolute atomic E-state index is 0.0742. The van der Waals surface area contributed by atoms with Crippen molar-refractivity contribution in [1.29, 1.82) is 0 Å². The Kier molecular flexibility index (Phi) is 2.62. The van der Waals surface area contributed by atoms with Crippen LogP contribution in [0.1, 0.15) is 21.9 Å². The van der Waals surface area contributed by atoms with Crippen molar-refractivity contribution in [3.05, 3.63) is 35.4 Å². The number of rotatable bonds is 3. The molecule has 5 heteroatoms. The fourth-order valence-electron chi connectivity index (χ4n) is 1.75. The third kappa shape index (κ3) is 1.55. The molecule has 0 bridgehead atoms. The monoisotopic (exact) mass is 220 g/mol. The molecule has 0 saturated heterocycles. The van der Waals surface area contributed by atoms with Crippen molar-refractivity contribution in [3.8, 4) is 0 Å². The largest absolute Gasteiger partial charge is 0.476 e. The van der Waals surface area contributed by atoms with Gasteiger partial charge in [-0.25, -0.2) is 9.78 Å². The molecule has 0 fully saturated rings. The molecule has 2 aromatic rings. The molecule has 0 aromatic carbocycles. The van der Waals surface area contributed by atoms with Gasteiger partial charge in [0.25, 0.3) is 0 Å². The Bertz CT molecular complexity index is 545. The summed E-state index contributed by atoms with van der Waals surface area (Å²) >= 11 is 0. The minimum Gasteiger partial charge on any atom is -0.476 e. The predicted molar refractivity (Wildman–Crippen MR) is 57.6 cm³/mol. The van der Waals surface area contributed by atoms with Gasteiger partial charge in [-0.3, -0.25) is 0 Å². The molecule has 0 aliphatic rings. The Morgan fingerprint density at radius 1 is 1.62 bits per heavy atom. The van der Waals surface area contributed by atoms with Crippen LogP contribution in [0.5, 0.6) is 0 Å². The molecule has 0 spiro atoms. The Morgan fingerprint density at radius 3 is 3.00 bits per heavy atom. The van der Waals surface area contributed by atoms with E-state index in [4.69, 9.17) is 9.84 Å². The van der Waals surface area contributed by atoms with Gasteiger partial charge in [0.05, 0.1) is 5.52 Å². The number of imidazole rings is 1. The van der Waals surface area contributed by atoms with Crippen LogP contribution in [0.2, 0.25) is 0 Å². The lowest BCUT2D eigenvalue weighted by Crippen LogP contribution is -1.98. The van der Waals surface area contributed by atoms with E-state index in [1.54, 1.807) is 17.7 Å². The maximum atomic E-state index is 11.1. The van der Waals surface area contributed by atoms with Crippen LogP contribution < -0.4 is 0 Å². The highest BCUT2D eigenvalue weighted by atomic mass is 16.5. The molecule has 2 rings (SSSR count). The highest BCUT2D eigenvalue weighted by Crippen LogP contribution is 2.17. The zero-order chi connectivity index (χ0) is 11.7. The van der Waals surface area contributed by atoms with Gasteiger partial charge in [0, 0.05) is 13.3 Å². The average Bonchev–Trinajstić information content (AvgIpc) is 2.60. The number of aryl methyl sites for hydroxylation is 1. The van der Waals surface area contributed by atoms with Crippen LogP contribution in [-0.4, -0.2) is 27.6 Å². The molecule has 0 saturated carbocycles. The molecule has 0 amide bonds. The number of carboxylic acid groups (broad SMARTS) is 1. The summed E-state index contributed by atoms with van der Waals surface area (Å²) in [4.78, 5) is 15.1. The third-order valence-corrected chi connectivity index (χ3v) is 2.42. The number of aromatic carboxylic acids is 1. The quantitative estimate of drug-likeness (QED) is 0.851. The average molecular weight is 220 g/mol. The molecule has 1 N–H and O–H groups in total. The van der Waals surface area contributed by atoms with Crippen molar-refractivity contribution in [2.24, 2.45) is 0 Å². The SMILES string of the molecule is COCc1nc(C(=O)O)c2c(C)cccn12. The van der Waals surface area contributed by atoms with Crippen LogP contribution in [0, 0.1) is 6.92 Å². The Balaban J connectivity index is 2.76. The maximum Gasteiger partial charge on any atom is 0.356 e. The lowest BCUT2D eigenvalue weighted by molar-refractivity contribution is 0.0692. The highest BCUT2D eigenvalue weighted by Gasteiger charge is 2.17. The number of ether oxygens (including phenoxy) is 1. The second kappa shape index (κ2) is 3.94. The number of carboxylic acids is 1. The number of fused-ring (bicyclic) bond motifs is 1. The van der Waals surface area contributed by atoms with Gasteiger partial charge in [0.2, 0.25) is 0 Å². The van der Waals surface area contributed by atoms with Crippen LogP contribution in [0.15, 0.2) is 18.3 Å². The van der Waals surface area contributed by atoms with E-state index < -0.39 is 5.97 Å². The van der Waals surface area contributed by atoms with E-state index in [0.717, 1.165) is 5.56 Å². The van der Waals surface area contributed by atoms with Crippen LogP contribution in [-0.2, 0) is 11.3 Å². The van der Waals surface area contributed by atoms with Crippen molar-refractivity contribution < 1.29 is 14.6 Å². The third-order valence-electron chi connectivity index (χ3n) is 2.42. The maximum absolute atomic E-state index is 11.1. The molecular formula is C11H12N2O3. The summed E-state index contributed by atoms with van der Waals surface area (Å²) in [5.41, 5.74) is 1.59. The molecule has 0 aliphatic heterocycles. The van der Waals surface area contributed by atoms with Crippen molar-refractivity contribution in [3.63, 3.8) is 0 Å². The lowest BCUT2D eigenvalue weighted by atomic mass is 10.2. The van der Waals surface area contributed by atoms with Gasteiger partial charge in [-0.1, -0.05) is 6.07 Å². The predicted octanol–water partition coefficient (Wildman–Crippen LogP) is 1.49. The molecule has 0 radical (unpaired) electrons. The van der Waals surface area contributed by atoms with Gasteiger partial charge >= 0.3 is 5.97 Å². The summed E-state index contributed by atoms with van der Waals surface area (Å²) in [6.45, 7) is 2.15. The summed E-state index contributed by atoms with van der Waals surface area (Å²) < 4.78 is 6.74. The van der Waals surface area contributed by atoms with Gasteiger partial charge in [0.15, 0.2) is 5.69 Å². The summed E-state index contributed by atoms with van der Waals surface area (Å²) in [5.74, 6) is -0.423. The van der Waals surface area contributed by atoms with Crippen molar-refractivity contribution in [2.45, 2.75) is 13.5 Å². The van der Waals surface area contributed by atoms with Crippen LogP contribution in [0.25, 0.3) is 5.52 Å². The Labute approximate surface area is 92.3 Å². The van der Waals surface area contributed by atoms with E-state index in [9.17, 15) is 4.79 Å². The fourth-order valence-corrected chi connectivity index (χ4v) is 1.75. The second-order valence-electron chi connectivity index (χ2n) is 3.52. The topological polar surface area (TPSA) is 63.8 Å². The molecular weight excluding hydrogens is 208 g/mol. The summed E-state index contributed by atoms with van der Waals surface area (Å²) in [6, 6.07) is 3.72. The van der Waals surface area contributed by atoms with Crippen LogP contribution in [0.3, 0.4) is 0 Å². The first-order valence-corrected chi connectivity index (χ1v) is 4.84. The van der Waals surface area contributed by atoms with E-state index in [1.807, 2.05) is 19.1 Å². The van der Waals surface area contributed by atoms with Gasteiger partial charge in [-0.2, -0.15) is 0 Å². The molecule has 2 aromatic heterocycles. The van der Waals surface area contributed by atoms with Gasteiger partial charge in [0.1, 0.15) is 12.4 Å². The summed E-state index contributed by atoms with van der Waals surface area (Å²) in [7, 11) is 1.55. The number of hydrogen-bond donors (Lipinski definition) is 1. The lowest BCUT2D eigenvalue weighted by Gasteiger charge is -2.01. The normalized spacial score (nSPS) is 10.9. The second-order valence-corrected chi connectivity index (χ2v) is 3.52. The molecule has 0 atom stereocenters. The summed E-state index contributed by atoms with van der Waals surface area (Å²) in [5, 5.41) is 9.07. The molecule has 84 valence electrons. The number of nitrogens with zero attached hydrogens (tertiary/aromatic N) is 2. The van der Waals surface area contributed by atoms with E-state index in [1.165, 1.54) is 0 Å². The standard InChI is InChI=1S/C11H12N2O3/c1-7-4-3-5-13-8(6-16-2)12-9(10(7)13)11(14)15/h3-5H,6H2,1-2H3,(H,14,15). The number of methoxy groups -OCH3 is 1. The van der Waals surface area contributed by atoms with Crippen molar-refractivity contribution >= 4 is 11.5 Å². The van der Waals surface area contributed by atoms with Gasteiger partial charge in [-0.05, 0) is 18.6 Å². The van der Waals surface area contributed by atoms with Crippen molar-refractivity contribution in [2.75, 3.05) is 7.11 Å². The first kappa shape index (κ1) is 10.6. The highest BCUT2D eigenvalue weighted by molar-refractivity contribution is 5.94. The van der Waals surface area contributed by atoms with E-state index >= 15 is 0 Å². The molecule has 2 heterocycles. The first-order valence-electron chi connectivity index (χ1n) is 4.84. The molecule has 0 aliphatic carbocycles. The van der Waals surface area contributed by atoms with Crippen LogP contribution >= 0.6 is 0 Å².